The second-order valence-corrected chi connectivity index (χ2v) is 7.30. The number of benzene rings is 2. The zero-order valence-electron chi connectivity index (χ0n) is 16.5. The summed E-state index contributed by atoms with van der Waals surface area (Å²) < 4.78 is 10.9. The lowest BCUT2D eigenvalue weighted by Gasteiger charge is -2.30. The van der Waals surface area contributed by atoms with Crippen LogP contribution < -0.4 is 19.3 Å². The Balaban J connectivity index is 1.57. The van der Waals surface area contributed by atoms with E-state index in [9.17, 15) is 0 Å². The molecule has 1 aliphatic rings. The standard InChI is InChI=1S/C22H27N3O2/c1-17-11-21(26-2)22(27-3)13-20(17)16-25-9-7-24(8-10-25)15-19-6-4-5-18(12-19)14-23/h4-6,11-13H,7-10,15-16H2,1-3H3/p+2. The number of piperazine rings is 1. The molecule has 1 fully saturated rings. The fourth-order valence-electron chi connectivity index (χ4n) is 3.83. The van der Waals surface area contributed by atoms with Crippen molar-refractivity contribution < 1.29 is 19.3 Å². The zero-order chi connectivity index (χ0) is 19.2. The quantitative estimate of drug-likeness (QED) is 0.776. The maximum atomic E-state index is 9.06. The van der Waals surface area contributed by atoms with Crippen molar-refractivity contribution in [3.8, 4) is 17.6 Å². The van der Waals surface area contributed by atoms with Crippen LogP contribution in [0.5, 0.6) is 11.5 Å². The zero-order valence-corrected chi connectivity index (χ0v) is 16.5. The van der Waals surface area contributed by atoms with Gasteiger partial charge >= 0.3 is 0 Å². The topological polar surface area (TPSA) is 51.1 Å². The highest BCUT2D eigenvalue weighted by molar-refractivity contribution is 5.46. The molecule has 27 heavy (non-hydrogen) atoms. The van der Waals surface area contributed by atoms with Gasteiger partial charge < -0.3 is 19.3 Å². The van der Waals surface area contributed by atoms with Crippen LogP contribution in [0.15, 0.2) is 36.4 Å². The van der Waals surface area contributed by atoms with Crippen molar-refractivity contribution in [2.45, 2.75) is 20.0 Å². The highest BCUT2D eigenvalue weighted by Gasteiger charge is 2.24. The largest absolute Gasteiger partial charge is 0.493 e. The summed E-state index contributed by atoms with van der Waals surface area (Å²) in [4.78, 5) is 3.21. The van der Waals surface area contributed by atoms with Gasteiger partial charge in [0.1, 0.15) is 39.3 Å². The lowest BCUT2D eigenvalue weighted by Crippen LogP contribution is -3.27. The predicted octanol–water partition coefficient (Wildman–Crippen LogP) is 0.368. The number of ether oxygens (including phenoxy) is 2. The van der Waals surface area contributed by atoms with Crippen LogP contribution in [0.1, 0.15) is 22.3 Å². The predicted molar refractivity (Wildman–Crippen MR) is 104 cm³/mol. The number of nitriles is 1. The minimum Gasteiger partial charge on any atom is -0.493 e. The number of nitrogens with one attached hydrogen (secondary N) is 2. The van der Waals surface area contributed by atoms with Gasteiger partial charge in [0.05, 0.1) is 25.9 Å². The molecule has 0 aromatic heterocycles. The monoisotopic (exact) mass is 367 g/mol. The Morgan fingerprint density at radius 2 is 1.56 bits per heavy atom. The van der Waals surface area contributed by atoms with Crippen molar-refractivity contribution in [3.63, 3.8) is 0 Å². The Morgan fingerprint density at radius 3 is 2.19 bits per heavy atom. The Morgan fingerprint density at radius 1 is 0.926 bits per heavy atom. The molecule has 0 atom stereocenters. The molecule has 2 N–H and O–H groups in total. The molecule has 142 valence electrons. The number of rotatable bonds is 6. The third-order valence-corrected chi connectivity index (χ3v) is 5.46. The average Bonchev–Trinajstić information content (AvgIpc) is 2.70. The van der Waals surface area contributed by atoms with Gasteiger partial charge in [-0.15, -0.1) is 0 Å². The van der Waals surface area contributed by atoms with Gasteiger partial charge in [0.2, 0.25) is 0 Å². The van der Waals surface area contributed by atoms with Crippen LogP contribution in [0.3, 0.4) is 0 Å². The van der Waals surface area contributed by atoms with Gasteiger partial charge in [-0.25, -0.2) is 0 Å². The van der Waals surface area contributed by atoms with E-state index >= 15 is 0 Å². The molecule has 0 aliphatic carbocycles. The van der Waals surface area contributed by atoms with Crippen molar-refractivity contribution in [2.75, 3.05) is 40.4 Å². The number of hydrogen-bond acceptors (Lipinski definition) is 3. The summed E-state index contributed by atoms with van der Waals surface area (Å²) in [5, 5.41) is 9.06. The number of quaternary nitrogens is 2. The molecule has 2 aromatic carbocycles. The smallest absolute Gasteiger partial charge is 0.161 e. The molecule has 0 saturated carbocycles. The van der Waals surface area contributed by atoms with Gasteiger partial charge in [-0.3, -0.25) is 0 Å². The number of aryl methyl sites for hydroxylation is 1. The van der Waals surface area contributed by atoms with Gasteiger partial charge in [0, 0.05) is 11.1 Å². The molecular formula is C22H29N3O2+2. The first-order chi connectivity index (χ1) is 13.1. The van der Waals surface area contributed by atoms with Crippen molar-refractivity contribution >= 4 is 0 Å². The fourth-order valence-corrected chi connectivity index (χ4v) is 3.83. The molecule has 5 nitrogen and oxygen atoms in total. The summed E-state index contributed by atoms with van der Waals surface area (Å²) in [7, 11) is 3.36. The third-order valence-electron chi connectivity index (χ3n) is 5.46. The van der Waals surface area contributed by atoms with E-state index in [0.717, 1.165) is 56.3 Å². The Bertz CT molecular complexity index is 821. The van der Waals surface area contributed by atoms with E-state index in [0.29, 0.717) is 0 Å². The molecule has 1 saturated heterocycles. The van der Waals surface area contributed by atoms with Crippen LogP contribution >= 0.6 is 0 Å². The summed E-state index contributed by atoms with van der Waals surface area (Å²) in [5.41, 5.74) is 4.58. The Labute approximate surface area is 161 Å². The Kier molecular flexibility index (Phi) is 6.33. The molecule has 0 radical (unpaired) electrons. The summed E-state index contributed by atoms with van der Waals surface area (Å²) in [6.45, 7) is 8.76. The van der Waals surface area contributed by atoms with Gasteiger partial charge in [-0.1, -0.05) is 12.1 Å². The first-order valence-corrected chi connectivity index (χ1v) is 9.50. The first-order valence-electron chi connectivity index (χ1n) is 9.50. The lowest BCUT2D eigenvalue weighted by atomic mass is 10.1. The van der Waals surface area contributed by atoms with Gasteiger partial charge in [-0.05, 0) is 36.8 Å². The maximum Gasteiger partial charge on any atom is 0.161 e. The summed E-state index contributed by atoms with van der Waals surface area (Å²) in [6, 6.07) is 14.4. The average molecular weight is 367 g/mol. The van der Waals surface area contributed by atoms with Crippen molar-refractivity contribution in [2.24, 2.45) is 0 Å². The molecule has 1 aliphatic heterocycles. The molecule has 0 spiro atoms. The normalized spacial score (nSPS) is 19.3. The number of methoxy groups -OCH3 is 2. The summed E-state index contributed by atoms with van der Waals surface area (Å²) in [5.74, 6) is 1.60. The van der Waals surface area contributed by atoms with E-state index in [2.05, 4.69) is 31.2 Å². The summed E-state index contributed by atoms with van der Waals surface area (Å²) in [6.07, 6.45) is 0. The molecule has 5 heteroatoms. The van der Waals surface area contributed by atoms with Crippen LogP contribution in [0.2, 0.25) is 0 Å². The van der Waals surface area contributed by atoms with Crippen LogP contribution in [0.25, 0.3) is 0 Å². The molecule has 0 bridgehead atoms. The summed E-state index contributed by atoms with van der Waals surface area (Å²) >= 11 is 0. The highest BCUT2D eigenvalue weighted by Crippen LogP contribution is 2.29. The van der Waals surface area contributed by atoms with E-state index in [4.69, 9.17) is 14.7 Å². The van der Waals surface area contributed by atoms with Crippen molar-refractivity contribution in [1.29, 1.82) is 5.26 Å². The Hall–Kier alpha value is -2.55. The molecule has 1 heterocycles. The van der Waals surface area contributed by atoms with Crippen molar-refractivity contribution in [1.82, 2.24) is 0 Å². The molecular weight excluding hydrogens is 338 g/mol. The first kappa shape index (κ1) is 19.2. The third kappa shape index (κ3) is 4.79. The lowest BCUT2D eigenvalue weighted by molar-refractivity contribution is -1.02. The molecule has 2 aromatic rings. The highest BCUT2D eigenvalue weighted by atomic mass is 16.5. The minimum absolute atomic E-state index is 0.750. The SMILES string of the molecule is COc1cc(C)c(C[NH+]2CC[NH+](Cc3cccc(C#N)c3)CC2)cc1OC. The van der Waals surface area contributed by atoms with Crippen LogP contribution in [-0.4, -0.2) is 40.4 Å². The second kappa shape index (κ2) is 8.90. The molecule has 3 rings (SSSR count). The van der Waals surface area contributed by atoms with Crippen molar-refractivity contribution in [3.05, 3.63) is 58.7 Å². The van der Waals surface area contributed by atoms with E-state index < -0.39 is 0 Å². The van der Waals surface area contributed by atoms with E-state index in [1.807, 2.05) is 18.2 Å². The van der Waals surface area contributed by atoms with E-state index in [1.165, 1.54) is 16.7 Å². The number of nitrogens with zero attached hydrogens (tertiary/aromatic N) is 1. The second-order valence-electron chi connectivity index (χ2n) is 7.30. The van der Waals surface area contributed by atoms with Gasteiger partial charge in [-0.2, -0.15) is 5.26 Å². The van der Waals surface area contributed by atoms with E-state index in [-0.39, 0.29) is 0 Å². The van der Waals surface area contributed by atoms with Crippen LogP contribution in [-0.2, 0) is 13.1 Å². The van der Waals surface area contributed by atoms with E-state index in [1.54, 1.807) is 24.0 Å². The van der Waals surface area contributed by atoms with Crippen LogP contribution in [0.4, 0.5) is 0 Å². The minimum atomic E-state index is 0.750. The van der Waals surface area contributed by atoms with Gasteiger partial charge in [0.25, 0.3) is 0 Å². The molecule has 0 unspecified atom stereocenters. The number of hydrogen-bond donors (Lipinski definition) is 2. The van der Waals surface area contributed by atoms with Gasteiger partial charge in [0.15, 0.2) is 11.5 Å². The maximum absolute atomic E-state index is 9.06. The molecule has 0 amide bonds. The fraction of sp³-hybridized carbons (Fsp3) is 0.409. The van der Waals surface area contributed by atoms with Crippen LogP contribution in [0, 0.1) is 18.3 Å².